The molecule has 1 amide bonds. The van der Waals surface area contributed by atoms with Crippen molar-refractivity contribution in [2.75, 3.05) is 0 Å². The summed E-state index contributed by atoms with van der Waals surface area (Å²) in [5, 5.41) is 4.07. The van der Waals surface area contributed by atoms with E-state index in [1.807, 2.05) is 45.0 Å². The predicted molar refractivity (Wildman–Crippen MR) is 75.9 cm³/mol. The minimum Gasteiger partial charge on any atom is -0.267 e. The highest BCUT2D eigenvalue weighted by Crippen LogP contribution is 2.14. The number of carbonyl (C=O) groups excluding carboxylic acids is 1. The van der Waals surface area contributed by atoms with Crippen molar-refractivity contribution < 1.29 is 4.79 Å². The molecule has 0 fully saturated rings. The normalized spacial score (nSPS) is 12.1. The number of carbonyl (C=O) groups is 1. The third kappa shape index (κ3) is 3.99. The van der Waals surface area contributed by atoms with Gasteiger partial charge in [-0.15, -0.1) is 0 Å². The first-order chi connectivity index (χ1) is 8.41. The van der Waals surface area contributed by atoms with Crippen LogP contribution in [0.2, 0.25) is 0 Å². The standard InChI is InChI=1S/C15H22N2O/c1-10(2)12(5)16-17-15(18)14-8-6-13(7-9-14)11(3)4/h6-11H,1-5H3,(H,17,18)/b16-12+. The van der Waals surface area contributed by atoms with Gasteiger partial charge in [0.2, 0.25) is 0 Å². The number of hydrazone groups is 1. The molecule has 3 nitrogen and oxygen atoms in total. The van der Waals surface area contributed by atoms with Crippen LogP contribution in [0.5, 0.6) is 0 Å². The molecule has 0 saturated heterocycles. The highest BCUT2D eigenvalue weighted by atomic mass is 16.2. The van der Waals surface area contributed by atoms with E-state index in [2.05, 4.69) is 24.4 Å². The summed E-state index contributed by atoms with van der Waals surface area (Å²) in [6, 6.07) is 7.65. The van der Waals surface area contributed by atoms with Crippen molar-refractivity contribution >= 4 is 11.6 Å². The molecule has 1 aromatic carbocycles. The number of hydrogen-bond acceptors (Lipinski definition) is 2. The Bertz CT molecular complexity index is 430. The first-order valence-corrected chi connectivity index (χ1v) is 6.36. The third-order valence-electron chi connectivity index (χ3n) is 3.01. The van der Waals surface area contributed by atoms with Crippen LogP contribution in [0.15, 0.2) is 29.4 Å². The van der Waals surface area contributed by atoms with E-state index in [1.54, 1.807) is 0 Å². The molecular weight excluding hydrogens is 224 g/mol. The summed E-state index contributed by atoms with van der Waals surface area (Å²) in [5.74, 6) is 0.655. The van der Waals surface area contributed by atoms with Crippen molar-refractivity contribution in [2.45, 2.75) is 40.5 Å². The summed E-state index contributed by atoms with van der Waals surface area (Å²) >= 11 is 0. The van der Waals surface area contributed by atoms with E-state index in [0.717, 1.165) is 5.71 Å². The van der Waals surface area contributed by atoms with E-state index < -0.39 is 0 Å². The smallest absolute Gasteiger partial charge is 0.267 e. The fourth-order valence-electron chi connectivity index (χ4n) is 1.35. The van der Waals surface area contributed by atoms with Crippen molar-refractivity contribution in [3.63, 3.8) is 0 Å². The Labute approximate surface area is 109 Å². The Morgan fingerprint density at radius 3 is 2.11 bits per heavy atom. The average molecular weight is 246 g/mol. The molecule has 0 bridgehead atoms. The van der Waals surface area contributed by atoms with E-state index in [1.165, 1.54) is 5.56 Å². The Balaban J connectivity index is 2.71. The summed E-state index contributed by atoms with van der Waals surface area (Å²) < 4.78 is 0. The van der Waals surface area contributed by atoms with Gasteiger partial charge in [-0.2, -0.15) is 5.10 Å². The first-order valence-electron chi connectivity index (χ1n) is 6.36. The molecule has 1 rings (SSSR count). The SMILES string of the molecule is C/C(=N\NC(=O)c1ccc(C(C)C)cc1)C(C)C. The lowest BCUT2D eigenvalue weighted by Crippen LogP contribution is -2.20. The van der Waals surface area contributed by atoms with Crippen LogP contribution in [-0.2, 0) is 0 Å². The van der Waals surface area contributed by atoms with Gasteiger partial charge in [0.15, 0.2) is 0 Å². The van der Waals surface area contributed by atoms with Gasteiger partial charge in [-0.05, 0) is 36.5 Å². The lowest BCUT2D eigenvalue weighted by Gasteiger charge is -2.07. The van der Waals surface area contributed by atoms with Gasteiger partial charge in [-0.3, -0.25) is 4.79 Å². The largest absolute Gasteiger partial charge is 0.271 e. The van der Waals surface area contributed by atoms with E-state index in [0.29, 0.717) is 17.4 Å². The topological polar surface area (TPSA) is 41.5 Å². The van der Waals surface area contributed by atoms with Gasteiger partial charge in [-0.25, -0.2) is 5.43 Å². The number of amides is 1. The Morgan fingerprint density at radius 2 is 1.67 bits per heavy atom. The molecule has 0 heterocycles. The second-order valence-electron chi connectivity index (χ2n) is 5.13. The molecule has 0 aliphatic heterocycles. The maximum atomic E-state index is 11.8. The maximum absolute atomic E-state index is 11.8. The highest BCUT2D eigenvalue weighted by molar-refractivity contribution is 5.95. The molecular formula is C15H22N2O. The molecule has 0 aliphatic carbocycles. The molecule has 98 valence electrons. The van der Waals surface area contributed by atoms with Crippen LogP contribution < -0.4 is 5.43 Å². The minimum atomic E-state index is -0.162. The van der Waals surface area contributed by atoms with Crippen LogP contribution in [0, 0.1) is 5.92 Å². The molecule has 0 atom stereocenters. The molecule has 0 radical (unpaired) electrons. The molecule has 0 aromatic heterocycles. The van der Waals surface area contributed by atoms with Crippen LogP contribution in [0.3, 0.4) is 0 Å². The number of rotatable bonds is 4. The summed E-state index contributed by atoms with van der Waals surface area (Å²) in [4.78, 5) is 11.8. The molecule has 0 saturated carbocycles. The highest BCUT2D eigenvalue weighted by Gasteiger charge is 2.06. The lowest BCUT2D eigenvalue weighted by molar-refractivity contribution is 0.0954. The van der Waals surface area contributed by atoms with Crippen LogP contribution in [-0.4, -0.2) is 11.6 Å². The third-order valence-corrected chi connectivity index (χ3v) is 3.01. The summed E-state index contributed by atoms with van der Waals surface area (Å²) in [7, 11) is 0. The lowest BCUT2D eigenvalue weighted by atomic mass is 10.0. The van der Waals surface area contributed by atoms with Gasteiger partial charge in [0.1, 0.15) is 0 Å². The van der Waals surface area contributed by atoms with Crippen molar-refractivity contribution in [3.8, 4) is 0 Å². The molecule has 0 unspecified atom stereocenters. The average Bonchev–Trinajstić information content (AvgIpc) is 2.35. The summed E-state index contributed by atoms with van der Waals surface area (Å²) in [5.41, 5.74) is 5.37. The predicted octanol–water partition coefficient (Wildman–Crippen LogP) is 3.57. The van der Waals surface area contributed by atoms with Crippen LogP contribution >= 0.6 is 0 Å². The van der Waals surface area contributed by atoms with Crippen molar-refractivity contribution in [1.82, 2.24) is 5.43 Å². The number of benzene rings is 1. The second kappa shape index (κ2) is 6.34. The molecule has 3 heteroatoms. The summed E-state index contributed by atoms with van der Waals surface area (Å²) in [6.45, 7) is 10.3. The zero-order valence-electron chi connectivity index (χ0n) is 11.8. The van der Waals surface area contributed by atoms with Crippen LogP contribution in [0.4, 0.5) is 0 Å². The van der Waals surface area contributed by atoms with E-state index in [-0.39, 0.29) is 5.91 Å². The van der Waals surface area contributed by atoms with Gasteiger partial charge < -0.3 is 0 Å². The fraction of sp³-hybridized carbons (Fsp3) is 0.467. The molecule has 0 spiro atoms. The molecule has 0 aliphatic rings. The van der Waals surface area contributed by atoms with E-state index in [4.69, 9.17) is 0 Å². The van der Waals surface area contributed by atoms with Crippen LogP contribution in [0.25, 0.3) is 0 Å². The van der Waals surface area contributed by atoms with Crippen LogP contribution in [0.1, 0.15) is 56.5 Å². The summed E-state index contributed by atoms with van der Waals surface area (Å²) in [6.07, 6.45) is 0. The van der Waals surface area contributed by atoms with Crippen molar-refractivity contribution in [2.24, 2.45) is 11.0 Å². The minimum absolute atomic E-state index is 0.162. The quantitative estimate of drug-likeness (QED) is 0.640. The van der Waals surface area contributed by atoms with Gasteiger partial charge in [-0.1, -0.05) is 39.8 Å². The number of hydrogen-bond donors (Lipinski definition) is 1. The van der Waals surface area contributed by atoms with Gasteiger partial charge in [0, 0.05) is 11.3 Å². The van der Waals surface area contributed by atoms with E-state index >= 15 is 0 Å². The van der Waals surface area contributed by atoms with Crippen molar-refractivity contribution in [1.29, 1.82) is 0 Å². The second-order valence-corrected chi connectivity index (χ2v) is 5.13. The van der Waals surface area contributed by atoms with Gasteiger partial charge in [0.25, 0.3) is 5.91 Å². The zero-order valence-corrected chi connectivity index (χ0v) is 11.8. The fourth-order valence-corrected chi connectivity index (χ4v) is 1.35. The van der Waals surface area contributed by atoms with Crippen molar-refractivity contribution in [3.05, 3.63) is 35.4 Å². The Kier molecular flexibility index (Phi) is 5.08. The Morgan fingerprint density at radius 1 is 1.11 bits per heavy atom. The monoisotopic (exact) mass is 246 g/mol. The number of nitrogens with one attached hydrogen (secondary N) is 1. The maximum Gasteiger partial charge on any atom is 0.271 e. The van der Waals surface area contributed by atoms with E-state index in [9.17, 15) is 4.79 Å². The first kappa shape index (κ1) is 14.4. The Hall–Kier alpha value is -1.64. The molecule has 1 aromatic rings. The number of nitrogens with zero attached hydrogens (tertiary/aromatic N) is 1. The van der Waals surface area contributed by atoms with Gasteiger partial charge in [0.05, 0.1) is 0 Å². The molecule has 1 N–H and O–H groups in total. The van der Waals surface area contributed by atoms with Gasteiger partial charge >= 0.3 is 0 Å². The zero-order chi connectivity index (χ0) is 13.7. The molecule has 18 heavy (non-hydrogen) atoms.